The predicted molar refractivity (Wildman–Crippen MR) is 84.4 cm³/mol. The van der Waals surface area contributed by atoms with Crippen molar-refractivity contribution in [2.24, 2.45) is 5.92 Å². The molecule has 1 unspecified atom stereocenters. The number of halogens is 1. The van der Waals surface area contributed by atoms with Crippen LogP contribution in [0.4, 0.5) is 5.69 Å². The standard InChI is InChI=1S/C17H18BrN/c1-12-7-10-16(15(18)11-12)19-17(14-8-9-14)13-5-3-2-4-6-13/h2-7,10-11,14,17,19H,8-9H2,1H3. The van der Waals surface area contributed by atoms with Gasteiger partial charge in [0, 0.05) is 10.2 Å². The van der Waals surface area contributed by atoms with Crippen molar-refractivity contribution in [3.63, 3.8) is 0 Å². The summed E-state index contributed by atoms with van der Waals surface area (Å²) < 4.78 is 1.15. The van der Waals surface area contributed by atoms with E-state index in [1.165, 1.54) is 29.7 Å². The van der Waals surface area contributed by atoms with Gasteiger partial charge in [0.05, 0.1) is 6.04 Å². The van der Waals surface area contributed by atoms with Gasteiger partial charge in [0.25, 0.3) is 0 Å². The molecule has 2 heteroatoms. The lowest BCUT2D eigenvalue weighted by molar-refractivity contribution is 0.678. The second-order valence-electron chi connectivity index (χ2n) is 5.35. The van der Waals surface area contributed by atoms with Gasteiger partial charge in [-0.3, -0.25) is 0 Å². The van der Waals surface area contributed by atoms with Crippen molar-refractivity contribution in [2.45, 2.75) is 25.8 Å². The molecule has 3 rings (SSSR count). The first-order chi connectivity index (χ1) is 9.24. The minimum Gasteiger partial charge on any atom is -0.377 e. The molecule has 1 aliphatic carbocycles. The molecule has 0 aliphatic heterocycles. The van der Waals surface area contributed by atoms with Crippen molar-refractivity contribution in [1.82, 2.24) is 0 Å². The van der Waals surface area contributed by atoms with E-state index in [4.69, 9.17) is 0 Å². The second kappa shape index (κ2) is 5.38. The summed E-state index contributed by atoms with van der Waals surface area (Å²) >= 11 is 3.66. The second-order valence-corrected chi connectivity index (χ2v) is 6.21. The number of aryl methyl sites for hydroxylation is 1. The summed E-state index contributed by atoms with van der Waals surface area (Å²) in [5.41, 5.74) is 3.85. The van der Waals surface area contributed by atoms with Crippen molar-refractivity contribution >= 4 is 21.6 Å². The Hall–Kier alpha value is -1.28. The summed E-state index contributed by atoms with van der Waals surface area (Å²) in [6.07, 6.45) is 2.66. The molecule has 98 valence electrons. The van der Waals surface area contributed by atoms with E-state index in [0.29, 0.717) is 6.04 Å². The average molecular weight is 316 g/mol. The van der Waals surface area contributed by atoms with Crippen molar-refractivity contribution < 1.29 is 0 Å². The molecule has 0 saturated heterocycles. The molecular formula is C17H18BrN. The summed E-state index contributed by atoms with van der Waals surface area (Å²) in [4.78, 5) is 0. The SMILES string of the molecule is Cc1ccc(NC(c2ccccc2)C2CC2)c(Br)c1. The highest BCUT2D eigenvalue weighted by Gasteiger charge is 2.32. The molecule has 0 spiro atoms. The fourth-order valence-corrected chi connectivity index (χ4v) is 3.08. The van der Waals surface area contributed by atoms with Gasteiger partial charge in [0.2, 0.25) is 0 Å². The number of anilines is 1. The van der Waals surface area contributed by atoms with Gasteiger partial charge < -0.3 is 5.32 Å². The monoisotopic (exact) mass is 315 g/mol. The Bertz CT molecular complexity index is 561. The van der Waals surface area contributed by atoms with E-state index in [1.807, 2.05) is 0 Å². The lowest BCUT2D eigenvalue weighted by Crippen LogP contribution is -2.13. The molecule has 0 radical (unpaired) electrons. The summed E-state index contributed by atoms with van der Waals surface area (Å²) in [6.45, 7) is 2.12. The Morgan fingerprint density at radius 1 is 1.11 bits per heavy atom. The van der Waals surface area contributed by atoms with Crippen molar-refractivity contribution in [3.05, 3.63) is 64.1 Å². The summed E-state index contributed by atoms with van der Waals surface area (Å²) in [5.74, 6) is 0.774. The van der Waals surface area contributed by atoms with Crippen LogP contribution in [-0.2, 0) is 0 Å². The van der Waals surface area contributed by atoms with E-state index in [2.05, 4.69) is 76.7 Å². The summed E-state index contributed by atoms with van der Waals surface area (Å²) in [5, 5.41) is 3.71. The third kappa shape index (κ3) is 3.01. The van der Waals surface area contributed by atoms with Gasteiger partial charge in [0.15, 0.2) is 0 Å². The number of hydrogen-bond acceptors (Lipinski definition) is 1. The normalized spacial score (nSPS) is 16.1. The lowest BCUT2D eigenvalue weighted by Gasteiger charge is -2.21. The molecule has 0 amide bonds. The van der Waals surface area contributed by atoms with Crippen molar-refractivity contribution in [1.29, 1.82) is 0 Å². The summed E-state index contributed by atoms with van der Waals surface area (Å²) in [7, 11) is 0. The molecule has 1 nitrogen and oxygen atoms in total. The van der Waals surface area contributed by atoms with Gasteiger partial charge in [-0.25, -0.2) is 0 Å². The number of hydrogen-bond donors (Lipinski definition) is 1. The van der Waals surface area contributed by atoms with Crippen LogP contribution in [0, 0.1) is 12.8 Å². The van der Waals surface area contributed by atoms with Crippen LogP contribution in [0.3, 0.4) is 0 Å². The van der Waals surface area contributed by atoms with E-state index >= 15 is 0 Å². The molecule has 1 atom stereocenters. The molecule has 1 saturated carbocycles. The van der Waals surface area contributed by atoms with E-state index in [0.717, 1.165) is 10.4 Å². The molecule has 0 bridgehead atoms. The quantitative estimate of drug-likeness (QED) is 0.805. The van der Waals surface area contributed by atoms with Gasteiger partial charge in [-0.1, -0.05) is 36.4 Å². The van der Waals surface area contributed by atoms with Crippen LogP contribution in [0.1, 0.15) is 30.0 Å². The van der Waals surface area contributed by atoms with E-state index in [-0.39, 0.29) is 0 Å². The van der Waals surface area contributed by atoms with Gasteiger partial charge >= 0.3 is 0 Å². The number of rotatable bonds is 4. The molecule has 1 fully saturated rings. The van der Waals surface area contributed by atoms with Gasteiger partial charge in [-0.15, -0.1) is 0 Å². The predicted octanol–water partition coefficient (Wildman–Crippen LogP) is 5.32. The molecule has 0 heterocycles. The maximum atomic E-state index is 3.71. The first-order valence-corrected chi connectivity index (χ1v) is 7.61. The van der Waals surface area contributed by atoms with Gasteiger partial charge in [-0.05, 0) is 64.9 Å². The number of nitrogens with one attached hydrogen (secondary N) is 1. The minimum absolute atomic E-state index is 0.431. The first-order valence-electron chi connectivity index (χ1n) is 6.81. The molecular weight excluding hydrogens is 298 g/mol. The molecule has 0 aromatic heterocycles. The van der Waals surface area contributed by atoms with Crippen LogP contribution in [-0.4, -0.2) is 0 Å². The van der Waals surface area contributed by atoms with Gasteiger partial charge in [0.1, 0.15) is 0 Å². The average Bonchev–Trinajstić information content (AvgIpc) is 3.23. The molecule has 19 heavy (non-hydrogen) atoms. The molecule has 1 aliphatic rings. The largest absolute Gasteiger partial charge is 0.377 e. The maximum Gasteiger partial charge on any atom is 0.0542 e. The molecule has 2 aromatic carbocycles. The van der Waals surface area contributed by atoms with Crippen LogP contribution >= 0.6 is 15.9 Å². The fourth-order valence-electron chi connectivity index (χ4n) is 2.47. The Morgan fingerprint density at radius 3 is 2.47 bits per heavy atom. The van der Waals surface area contributed by atoms with Crippen LogP contribution in [0.25, 0.3) is 0 Å². The smallest absolute Gasteiger partial charge is 0.0542 e. The Morgan fingerprint density at radius 2 is 1.84 bits per heavy atom. The first kappa shape index (κ1) is 12.7. The van der Waals surface area contributed by atoms with E-state index in [9.17, 15) is 0 Å². The Kier molecular flexibility index (Phi) is 3.61. The lowest BCUT2D eigenvalue weighted by atomic mass is 10.0. The van der Waals surface area contributed by atoms with Crippen molar-refractivity contribution in [2.75, 3.05) is 5.32 Å². The Balaban J connectivity index is 1.86. The summed E-state index contributed by atoms with van der Waals surface area (Å²) in [6, 6.07) is 17.7. The third-order valence-electron chi connectivity index (χ3n) is 3.69. The minimum atomic E-state index is 0.431. The highest BCUT2D eigenvalue weighted by Crippen LogP contribution is 2.43. The zero-order valence-electron chi connectivity index (χ0n) is 11.1. The van der Waals surface area contributed by atoms with Crippen LogP contribution in [0.5, 0.6) is 0 Å². The highest BCUT2D eigenvalue weighted by atomic mass is 79.9. The van der Waals surface area contributed by atoms with Crippen LogP contribution in [0.15, 0.2) is 53.0 Å². The third-order valence-corrected chi connectivity index (χ3v) is 4.34. The molecule has 1 N–H and O–H groups in total. The van der Waals surface area contributed by atoms with Crippen LogP contribution in [0.2, 0.25) is 0 Å². The fraction of sp³-hybridized carbons (Fsp3) is 0.294. The molecule has 2 aromatic rings. The topological polar surface area (TPSA) is 12.0 Å². The van der Waals surface area contributed by atoms with Crippen molar-refractivity contribution in [3.8, 4) is 0 Å². The highest BCUT2D eigenvalue weighted by molar-refractivity contribution is 9.10. The van der Waals surface area contributed by atoms with E-state index < -0.39 is 0 Å². The maximum absolute atomic E-state index is 3.71. The zero-order chi connectivity index (χ0) is 13.2. The zero-order valence-corrected chi connectivity index (χ0v) is 12.7. The number of benzene rings is 2. The van der Waals surface area contributed by atoms with Crippen LogP contribution < -0.4 is 5.32 Å². The van der Waals surface area contributed by atoms with E-state index in [1.54, 1.807) is 0 Å². The van der Waals surface area contributed by atoms with Gasteiger partial charge in [-0.2, -0.15) is 0 Å². The Labute approximate surface area is 123 Å².